The Morgan fingerprint density at radius 3 is 2.71 bits per heavy atom. The zero-order valence-electron chi connectivity index (χ0n) is 9.11. The maximum absolute atomic E-state index is 5.48. The predicted molar refractivity (Wildman–Crippen MR) is 64.6 cm³/mol. The molecule has 17 heavy (non-hydrogen) atoms. The van der Waals surface area contributed by atoms with Gasteiger partial charge in [0, 0.05) is 11.9 Å². The number of nitrogens with zero attached hydrogens (tertiary/aromatic N) is 4. The molecule has 0 amide bonds. The summed E-state index contributed by atoms with van der Waals surface area (Å²) in [6.45, 7) is 0.396. The van der Waals surface area contributed by atoms with E-state index in [0.29, 0.717) is 12.4 Å². The number of fused-ring (bicyclic) bond motifs is 1. The Morgan fingerprint density at radius 1 is 1.06 bits per heavy atom. The Kier molecular flexibility index (Phi) is 2.31. The third-order valence-corrected chi connectivity index (χ3v) is 2.60. The van der Waals surface area contributed by atoms with Crippen molar-refractivity contribution in [2.24, 2.45) is 5.73 Å². The first-order valence-corrected chi connectivity index (χ1v) is 5.32. The van der Waals surface area contributed by atoms with E-state index in [1.165, 1.54) is 0 Å². The first-order valence-electron chi connectivity index (χ1n) is 5.32. The van der Waals surface area contributed by atoms with Crippen LogP contribution in [-0.2, 0) is 6.54 Å². The SMILES string of the molecule is NCc1cnc(-n2ncc3ccccc32)cn1. The largest absolute Gasteiger partial charge is 0.325 e. The molecule has 0 spiro atoms. The van der Waals surface area contributed by atoms with E-state index in [-0.39, 0.29) is 0 Å². The van der Waals surface area contributed by atoms with Crippen LogP contribution in [0.15, 0.2) is 42.9 Å². The first kappa shape index (κ1) is 9.92. The summed E-state index contributed by atoms with van der Waals surface area (Å²) in [6, 6.07) is 7.97. The van der Waals surface area contributed by atoms with Crippen molar-refractivity contribution in [3.63, 3.8) is 0 Å². The molecular formula is C12H11N5. The van der Waals surface area contributed by atoms with E-state index < -0.39 is 0 Å². The van der Waals surface area contributed by atoms with E-state index in [1.54, 1.807) is 17.1 Å². The highest BCUT2D eigenvalue weighted by Crippen LogP contribution is 2.15. The molecule has 0 aliphatic rings. The summed E-state index contributed by atoms with van der Waals surface area (Å²) in [5.74, 6) is 0.698. The van der Waals surface area contributed by atoms with Crippen LogP contribution in [0.25, 0.3) is 16.7 Å². The molecule has 5 heteroatoms. The molecule has 2 aromatic heterocycles. The number of para-hydroxylation sites is 1. The van der Waals surface area contributed by atoms with Crippen molar-refractivity contribution < 1.29 is 0 Å². The van der Waals surface area contributed by atoms with Crippen LogP contribution in [0.1, 0.15) is 5.69 Å². The van der Waals surface area contributed by atoms with Gasteiger partial charge in [0.2, 0.25) is 0 Å². The Morgan fingerprint density at radius 2 is 1.94 bits per heavy atom. The maximum atomic E-state index is 5.48. The Labute approximate surface area is 97.9 Å². The molecule has 2 N–H and O–H groups in total. The third-order valence-electron chi connectivity index (χ3n) is 2.60. The minimum atomic E-state index is 0.396. The number of hydrogen-bond acceptors (Lipinski definition) is 4. The van der Waals surface area contributed by atoms with Gasteiger partial charge in [0.15, 0.2) is 5.82 Å². The summed E-state index contributed by atoms with van der Waals surface area (Å²) in [4.78, 5) is 8.51. The summed E-state index contributed by atoms with van der Waals surface area (Å²) in [6.07, 6.45) is 5.17. The molecule has 1 aromatic carbocycles. The zero-order chi connectivity index (χ0) is 11.7. The smallest absolute Gasteiger partial charge is 0.172 e. The summed E-state index contributed by atoms with van der Waals surface area (Å²) in [5.41, 5.74) is 7.27. The van der Waals surface area contributed by atoms with Gasteiger partial charge in [-0.05, 0) is 6.07 Å². The van der Waals surface area contributed by atoms with Crippen LogP contribution in [0, 0.1) is 0 Å². The molecule has 0 unspecified atom stereocenters. The van der Waals surface area contributed by atoms with Crippen LogP contribution in [-0.4, -0.2) is 19.7 Å². The Balaban J connectivity index is 2.13. The number of aromatic nitrogens is 4. The second-order valence-electron chi connectivity index (χ2n) is 3.69. The van der Waals surface area contributed by atoms with E-state index in [4.69, 9.17) is 5.73 Å². The van der Waals surface area contributed by atoms with Crippen LogP contribution < -0.4 is 5.73 Å². The van der Waals surface area contributed by atoms with Crippen molar-refractivity contribution in [3.8, 4) is 5.82 Å². The molecule has 2 heterocycles. The van der Waals surface area contributed by atoms with Gasteiger partial charge in [-0.25, -0.2) is 9.67 Å². The van der Waals surface area contributed by atoms with Gasteiger partial charge >= 0.3 is 0 Å². The highest BCUT2D eigenvalue weighted by Gasteiger charge is 2.05. The van der Waals surface area contributed by atoms with Crippen LogP contribution in [0.2, 0.25) is 0 Å². The second kappa shape index (κ2) is 3.95. The topological polar surface area (TPSA) is 69.6 Å². The minimum absolute atomic E-state index is 0.396. The van der Waals surface area contributed by atoms with Crippen LogP contribution in [0.3, 0.4) is 0 Å². The third kappa shape index (κ3) is 1.66. The molecule has 0 saturated carbocycles. The standard InChI is InChI=1S/C12H11N5/c13-5-10-7-15-12(8-14-10)17-11-4-2-1-3-9(11)6-16-17/h1-4,6-8H,5,13H2. The quantitative estimate of drug-likeness (QED) is 0.713. The molecular weight excluding hydrogens is 214 g/mol. The van der Waals surface area contributed by atoms with Gasteiger partial charge in [-0.2, -0.15) is 5.10 Å². The lowest BCUT2D eigenvalue weighted by molar-refractivity contribution is 0.847. The van der Waals surface area contributed by atoms with E-state index in [1.807, 2.05) is 30.5 Å². The van der Waals surface area contributed by atoms with Crippen molar-refractivity contribution in [3.05, 3.63) is 48.5 Å². The number of hydrogen-bond donors (Lipinski definition) is 1. The van der Waals surface area contributed by atoms with Gasteiger partial charge in [0.05, 0.1) is 29.8 Å². The molecule has 3 aromatic rings. The zero-order valence-corrected chi connectivity index (χ0v) is 9.11. The van der Waals surface area contributed by atoms with Crippen LogP contribution >= 0.6 is 0 Å². The molecule has 0 atom stereocenters. The summed E-state index contributed by atoms with van der Waals surface area (Å²) >= 11 is 0. The second-order valence-corrected chi connectivity index (χ2v) is 3.69. The van der Waals surface area contributed by atoms with Crippen molar-refractivity contribution >= 4 is 10.9 Å². The highest BCUT2D eigenvalue weighted by atomic mass is 15.3. The fraction of sp³-hybridized carbons (Fsp3) is 0.0833. The van der Waals surface area contributed by atoms with Crippen molar-refractivity contribution in [1.82, 2.24) is 19.7 Å². The normalized spacial score (nSPS) is 10.9. The molecule has 0 aliphatic heterocycles. The Hall–Kier alpha value is -2.27. The van der Waals surface area contributed by atoms with Gasteiger partial charge in [-0.1, -0.05) is 18.2 Å². The average molecular weight is 225 g/mol. The van der Waals surface area contributed by atoms with Gasteiger partial charge in [0.1, 0.15) is 0 Å². The van der Waals surface area contributed by atoms with E-state index in [2.05, 4.69) is 15.1 Å². The van der Waals surface area contributed by atoms with E-state index >= 15 is 0 Å². The predicted octanol–water partition coefficient (Wildman–Crippen LogP) is 1.27. The number of rotatable bonds is 2. The summed E-state index contributed by atoms with van der Waals surface area (Å²) in [5, 5.41) is 5.38. The van der Waals surface area contributed by atoms with Crippen molar-refractivity contribution in [2.75, 3.05) is 0 Å². The lowest BCUT2D eigenvalue weighted by Gasteiger charge is -2.02. The molecule has 84 valence electrons. The summed E-state index contributed by atoms with van der Waals surface area (Å²) < 4.78 is 1.77. The summed E-state index contributed by atoms with van der Waals surface area (Å²) in [7, 11) is 0. The maximum Gasteiger partial charge on any atom is 0.172 e. The van der Waals surface area contributed by atoms with Crippen molar-refractivity contribution in [1.29, 1.82) is 0 Å². The fourth-order valence-corrected chi connectivity index (χ4v) is 1.72. The molecule has 0 fully saturated rings. The minimum Gasteiger partial charge on any atom is -0.325 e. The van der Waals surface area contributed by atoms with E-state index in [0.717, 1.165) is 16.6 Å². The molecule has 0 aliphatic carbocycles. The van der Waals surface area contributed by atoms with Crippen molar-refractivity contribution in [2.45, 2.75) is 6.54 Å². The fourth-order valence-electron chi connectivity index (χ4n) is 1.72. The Bertz CT molecular complexity index is 641. The lowest BCUT2D eigenvalue weighted by Crippen LogP contribution is -2.04. The molecule has 0 bridgehead atoms. The van der Waals surface area contributed by atoms with Crippen LogP contribution in [0.4, 0.5) is 0 Å². The number of benzene rings is 1. The average Bonchev–Trinajstić information content (AvgIpc) is 2.83. The monoisotopic (exact) mass is 225 g/mol. The molecule has 0 saturated heterocycles. The van der Waals surface area contributed by atoms with Gasteiger partial charge in [0.25, 0.3) is 0 Å². The molecule has 5 nitrogen and oxygen atoms in total. The van der Waals surface area contributed by atoms with Crippen LogP contribution in [0.5, 0.6) is 0 Å². The first-order chi connectivity index (χ1) is 8.38. The van der Waals surface area contributed by atoms with Gasteiger partial charge in [-0.3, -0.25) is 4.98 Å². The lowest BCUT2D eigenvalue weighted by atomic mass is 10.3. The molecule has 3 rings (SSSR count). The van der Waals surface area contributed by atoms with Gasteiger partial charge < -0.3 is 5.73 Å². The van der Waals surface area contributed by atoms with E-state index in [9.17, 15) is 0 Å². The van der Waals surface area contributed by atoms with Gasteiger partial charge in [-0.15, -0.1) is 0 Å². The number of nitrogens with two attached hydrogens (primary N) is 1. The highest BCUT2D eigenvalue weighted by molar-refractivity contribution is 5.79. The molecule has 0 radical (unpaired) electrons.